The van der Waals surface area contributed by atoms with Crippen molar-refractivity contribution in [1.29, 1.82) is 0 Å². The molecule has 0 aromatic heterocycles. The van der Waals surface area contributed by atoms with Gasteiger partial charge >= 0.3 is 0 Å². The topological polar surface area (TPSA) is 38.0 Å². The van der Waals surface area contributed by atoms with E-state index in [4.69, 9.17) is 5.84 Å². The highest BCUT2D eigenvalue weighted by molar-refractivity contribution is 5.20. The van der Waals surface area contributed by atoms with Crippen LogP contribution in [0.15, 0.2) is 18.2 Å². The van der Waals surface area contributed by atoms with E-state index in [1.165, 1.54) is 31.4 Å². The molecule has 0 spiro atoms. The van der Waals surface area contributed by atoms with Gasteiger partial charge in [-0.1, -0.05) is 26.2 Å². The van der Waals surface area contributed by atoms with Crippen molar-refractivity contribution in [3.8, 4) is 0 Å². The van der Waals surface area contributed by atoms with E-state index in [1.54, 1.807) is 0 Å². The first-order valence-electron chi connectivity index (χ1n) is 7.54. The van der Waals surface area contributed by atoms with E-state index in [-0.39, 0.29) is 11.9 Å². The fraction of sp³-hybridized carbons (Fsp3) is 0.625. The van der Waals surface area contributed by atoms with Crippen LogP contribution in [0.1, 0.15) is 44.6 Å². The summed E-state index contributed by atoms with van der Waals surface area (Å²) >= 11 is 0. The van der Waals surface area contributed by atoms with Crippen LogP contribution >= 0.6 is 0 Å². The molecule has 20 heavy (non-hydrogen) atoms. The van der Waals surface area contributed by atoms with Crippen LogP contribution in [0.3, 0.4) is 0 Å². The number of halogens is 2. The second kappa shape index (κ2) is 7.14. The van der Waals surface area contributed by atoms with E-state index in [9.17, 15) is 8.78 Å². The molecule has 112 valence electrons. The van der Waals surface area contributed by atoms with Crippen LogP contribution in [-0.2, 0) is 6.42 Å². The molecule has 0 amide bonds. The van der Waals surface area contributed by atoms with Gasteiger partial charge in [0.25, 0.3) is 0 Å². The van der Waals surface area contributed by atoms with E-state index in [0.29, 0.717) is 17.9 Å². The molecule has 1 fully saturated rings. The van der Waals surface area contributed by atoms with Crippen molar-refractivity contribution in [3.63, 3.8) is 0 Å². The largest absolute Gasteiger partial charge is 0.271 e. The van der Waals surface area contributed by atoms with Crippen molar-refractivity contribution < 1.29 is 8.78 Å². The summed E-state index contributed by atoms with van der Waals surface area (Å²) in [7, 11) is 0. The predicted octanol–water partition coefficient (Wildman–Crippen LogP) is 3.56. The Balaban J connectivity index is 2.06. The monoisotopic (exact) mass is 282 g/mol. The molecule has 3 N–H and O–H groups in total. The summed E-state index contributed by atoms with van der Waals surface area (Å²) in [5, 5.41) is 0. The number of benzene rings is 1. The van der Waals surface area contributed by atoms with Gasteiger partial charge in [-0.3, -0.25) is 11.3 Å². The lowest BCUT2D eigenvalue weighted by Gasteiger charge is -2.34. The Bertz CT molecular complexity index is 436. The van der Waals surface area contributed by atoms with Gasteiger partial charge in [-0.15, -0.1) is 0 Å². The zero-order valence-corrected chi connectivity index (χ0v) is 12.0. The molecule has 4 heteroatoms. The van der Waals surface area contributed by atoms with Crippen molar-refractivity contribution in [2.75, 3.05) is 0 Å². The molecule has 3 unspecified atom stereocenters. The third-order valence-electron chi connectivity index (χ3n) is 4.63. The molecule has 2 rings (SSSR count). The minimum absolute atomic E-state index is 0.0145. The van der Waals surface area contributed by atoms with E-state index >= 15 is 0 Å². The maximum absolute atomic E-state index is 13.7. The minimum atomic E-state index is -0.396. The molecule has 0 saturated heterocycles. The standard InChI is InChI=1S/C16H24F2N2/c1-2-11-4-3-5-12(8-11)16(20-19)10-13-9-14(17)6-7-15(13)18/h6-7,9,11-12,16,20H,2-5,8,10,19H2,1H3. The molecule has 0 aliphatic heterocycles. The Morgan fingerprint density at radius 3 is 2.85 bits per heavy atom. The fourth-order valence-electron chi connectivity index (χ4n) is 3.37. The van der Waals surface area contributed by atoms with E-state index in [0.717, 1.165) is 24.8 Å². The summed E-state index contributed by atoms with van der Waals surface area (Å²) in [4.78, 5) is 0. The summed E-state index contributed by atoms with van der Waals surface area (Å²) in [6.45, 7) is 2.21. The van der Waals surface area contributed by atoms with Crippen molar-refractivity contribution in [2.45, 2.75) is 51.5 Å². The quantitative estimate of drug-likeness (QED) is 0.640. The maximum atomic E-state index is 13.7. The molecule has 0 bridgehead atoms. The smallest absolute Gasteiger partial charge is 0.126 e. The maximum Gasteiger partial charge on any atom is 0.126 e. The highest BCUT2D eigenvalue weighted by Crippen LogP contribution is 2.33. The molecule has 1 aromatic carbocycles. The Hall–Kier alpha value is -1.00. The molecule has 3 atom stereocenters. The average Bonchev–Trinajstić information content (AvgIpc) is 2.48. The number of nitrogens with one attached hydrogen (secondary N) is 1. The fourth-order valence-corrected chi connectivity index (χ4v) is 3.37. The number of hydrogen-bond donors (Lipinski definition) is 2. The molecule has 0 radical (unpaired) electrons. The van der Waals surface area contributed by atoms with Crippen molar-refractivity contribution in [3.05, 3.63) is 35.4 Å². The van der Waals surface area contributed by atoms with Crippen LogP contribution in [0.5, 0.6) is 0 Å². The Morgan fingerprint density at radius 2 is 2.15 bits per heavy atom. The first-order chi connectivity index (χ1) is 9.63. The molecule has 1 aromatic rings. The lowest BCUT2D eigenvalue weighted by atomic mass is 9.75. The molecule has 1 aliphatic rings. The van der Waals surface area contributed by atoms with Gasteiger partial charge in [0.15, 0.2) is 0 Å². The molecule has 1 saturated carbocycles. The third kappa shape index (κ3) is 3.76. The average molecular weight is 282 g/mol. The van der Waals surface area contributed by atoms with Gasteiger partial charge < -0.3 is 0 Å². The Morgan fingerprint density at radius 1 is 1.35 bits per heavy atom. The van der Waals surface area contributed by atoms with Gasteiger partial charge in [-0.25, -0.2) is 8.78 Å². The van der Waals surface area contributed by atoms with Crippen LogP contribution in [-0.4, -0.2) is 6.04 Å². The van der Waals surface area contributed by atoms with Gasteiger partial charge in [0, 0.05) is 6.04 Å². The van der Waals surface area contributed by atoms with Crippen LogP contribution in [0.2, 0.25) is 0 Å². The number of hydrogen-bond acceptors (Lipinski definition) is 2. The van der Waals surface area contributed by atoms with E-state index in [1.807, 2.05) is 0 Å². The van der Waals surface area contributed by atoms with Gasteiger partial charge in [0.1, 0.15) is 11.6 Å². The van der Waals surface area contributed by atoms with Crippen molar-refractivity contribution in [1.82, 2.24) is 5.43 Å². The SMILES string of the molecule is CCC1CCCC(C(Cc2cc(F)ccc2F)NN)C1. The summed E-state index contributed by atoms with van der Waals surface area (Å²) in [6.07, 6.45) is 6.35. The Labute approximate surface area is 119 Å². The van der Waals surface area contributed by atoms with Gasteiger partial charge in [0.2, 0.25) is 0 Å². The summed E-state index contributed by atoms with van der Waals surface area (Å²) in [5.74, 6) is 6.10. The highest BCUT2D eigenvalue weighted by atomic mass is 19.1. The van der Waals surface area contributed by atoms with Crippen LogP contribution < -0.4 is 11.3 Å². The molecule has 0 heterocycles. The van der Waals surface area contributed by atoms with Gasteiger partial charge in [-0.2, -0.15) is 0 Å². The van der Waals surface area contributed by atoms with Crippen LogP contribution in [0.25, 0.3) is 0 Å². The number of nitrogens with two attached hydrogens (primary N) is 1. The predicted molar refractivity (Wildman–Crippen MR) is 76.9 cm³/mol. The third-order valence-corrected chi connectivity index (χ3v) is 4.63. The second-order valence-corrected chi connectivity index (χ2v) is 5.91. The summed E-state index contributed by atoms with van der Waals surface area (Å²) in [6, 6.07) is 3.63. The van der Waals surface area contributed by atoms with E-state index < -0.39 is 5.82 Å². The zero-order valence-electron chi connectivity index (χ0n) is 12.0. The number of rotatable bonds is 5. The molecular weight excluding hydrogens is 258 g/mol. The first-order valence-corrected chi connectivity index (χ1v) is 7.54. The van der Waals surface area contributed by atoms with Crippen molar-refractivity contribution >= 4 is 0 Å². The summed E-state index contributed by atoms with van der Waals surface area (Å²) < 4.78 is 27.0. The second-order valence-electron chi connectivity index (χ2n) is 5.91. The van der Waals surface area contributed by atoms with Crippen LogP contribution in [0.4, 0.5) is 8.78 Å². The van der Waals surface area contributed by atoms with Crippen molar-refractivity contribution in [2.24, 2.45) is 17.7 Å². The lowest BCUT2D eigenvalue weighted by Crippen LogP contribution is -2.44. The first kappa shape index (κ1) is 15.4. The zero-order chi connectivity index (χ0) is 14.5. The van der Waals surface area contributed by atoms with Crippen LogP contribution in [0, 0.1) is 23.5 Å². The minimum Gasteiger partial charge on any atom is -0.271 e. The van der Waals surface area contributed by atoms with Gasteiger partial charge in [-0.05, 0) is 54.9 Å². The number of hydrazine groups is 1. The molecule has 1 aliphatic carbocycles. The molecular formula is C16H24F2N2. The highest BCUT2D eigenvalue weighted by Gasteiger charge is 2.27. The lowest BCUT2D eigenvalue weighted by molar-refractivity contribution is 0.207. The molecule has 2 nitrogen and oxygen atoms in total. The summed E-state index contributed by atoms with van der Waals surface area (Å²) in [5.41, 5.74) is 3.23. The normalized spacial score (nSPS) is 24.6. The Kier molecular flexibility index (Phi) is 5.49. The van der Waals surface area contributed by atoms with Gasteiger partial charge in [0.05, 0.1) is 0 Å². The van der Waals surface area contributed by atoms with E-state index in [2.05, 4.69) is 12.3 Å².